The van der Waals surface area contributed by atoms with Crippen molar-refractivity contribution in [1.82, 2.24) is 4.98 Å². The van der Waals surface area contributed by atoms with E-state index in [9.17, 15) is 9.59 Å². The number of ether oxygens (including phenoxy) is 2. The molecule has 6 heteroatoms. The van der Waals surface area contributed by atoms with Crippen molar-refractivity contribution >= 4 is 11.8 Å². The summed E-state index contributed by atoms with van der Waals surface area (Å²) in [4.78, 5) is 27.3. The molecule has 0 unspecified atom stereocenters. The summed E-state index contributed by atoms with van der Waals surface area (Å²) < 4.78 is 14.8. The lowest BCUT2D eigenvalue weighted by molar-refractivity contribution is 0.0519. The molecule has 0 amide bonds. The molecule has 0 spiro atoms. The van der Waals surface area contributed by atoms with Crippen LogP contribution in [0, 0.1) is 0 Å². The Morgan fingerprint density at radius 2 is 1.95 bits per heavy atom. The maximum atomic E-state index is 12.1. The second-order valence-corrected chi connectivity index (χ2v) is 3.82. The number of rotatable bonds is 5. The normalized spacial score (nSPS) is 10.1. The molecule has 2 aromatic rings. The Balaban J connectivity index is 2.18. The number of methoxy groups -OCH3 is 1. The van der Waals surface area contributed by atoms with Crippen molar-refractivity contribution in [3.8, 4) is 5.75 Å². The van der Waals surface area contributed by atoms with Gasteiger partial charge in [-0.05, 0) is 31.2 Å². The van der Waals surface area contributed by atoms with Crippen LogP contribution in [0.25, 0.3) is 0 Å². The second kappa shape index (κ2) is 6.01. The summed E-state index contributed by atoms with van der Waals surface area (Å²) in [6.07, 6.45) is 1.11. The Bertz CT molecular complexity index is 615. The maximum Gasteiger partial charge on any atom is 0.360 e. The third-order valence-electron chi connectivity index (χ3n) is 2.54. The Labute approximate surface area is 115 Å². The molecular formula is C14H13NO5. The summed E-state index contributed by atoms with van der Waals surface area (Å²) >= 11 is 0. The van der Waals surface area contributed by atoms with Gasteiger partial charge < -0.3 is 13.9 Å². The van der Waals surface area contributed by atoms with Crippen LogP contribution in [-0.4, -0.2) is 30.5 Å². The molecule has 2 rings (SSSR count). The lowest BCUT2D eigenvalue weighted by atomic mass is 10.1. The molecular weight excluding hydrogens is 262 g/mol. The van der Waals surface area contributed by atoms with E-state index >= 15 is 0 Å². The van der Waals surface area contributed by atoms with Crippen LogP contribution >= 0.6 is 0 Å². The zero-order valence-electron chi connectivity index (χ0n) is 11.1. The largest absolute Gasteiger partial charge is 0.497 e. The van der Waals surface area contributed by atoms with Crippen molar-refractivity contribution in [3.63, 3.8) is 0 Å². The first-order valence-electron chi connectivity index (χ1n) is 5.97. The third-order valence-corrected chi connectivity index (χ3v) is 2.54. The Hall–Kier alpha value is -2.63. The van der Waals surface area contributed by atoms with Gasteiger partial charge >= 0.3 is 5.97 Å². The first kappa shape index (κ1) is 13.8. The molecule has 0 saturated carbocycles. The van der Waals surface area contributed by atoms with E-state index in [1.54, 1.807) is 31.2 Å². The molecule has 0 atom stereocenters. The van der Waals surface area contributed by atoms with E-state index < -0.39 is 11.8 Å². The van der Waals surface area contributed by atoms with Crippen LogP contribution in [0.15, 0.2) is 34.9 Å². The minimum Gasteiger partial charge on any atom is -0.497 e. The van der Waals surface area contributed by atoms with Crippen LogP contribution in [0.5, 0.6) is 5.75 Å². The lowest BCUT2D eigenvalue weighted by Crippen LogP contribution is -2.07. The molecule has 1 aromatic heterocycles. The van der Waals surface area contributed by atoms with Gasteiger partial charge in [0.25, 0.3) is 5.89 Å². The fourth-order valence-electron chi connectivity index (χ4n) is 1.54. The van der Waals surface area contributed by atoms with E-state index in [0.717, 1.165) is 6.26 Å². The molecule has 0 aliphatic heterocycles. The molecule has 20 heavy (non-hydrogen) atoms. The van der Waals surface area contributed by atoms with Gasteiger partial charge in [-0.25, -0.2) is 4.79 Å². The number of ketones is 1. The van der Waals surface area contributed by atoms with Gasteiger partial charge in [0.1, 0.15) is 12.0 Å². The molecule has 1 aromatic carbocycles. The summed E-state index contributed by atoms with van der Waals surface area (Å²) in [5.41, 5.74) is 0.367. The molecule has 6 nitrogen and oxygen atoms in total. The third kappa shape index (κ3) is 2.85. The predicted octanol–water partition coefficient (Wildman–Crippen LogP) is 2.09. The number of aromatic nitrogens is 1. The monoisotopic (exact) mass is 275 g/mol. The minimum absolute atomic E-state index is 0.0243. The number of carbonyl (C=O) groups is 2. The van der Waals surface area contributed by atoms with Gasteiger partial charge in [0.2, 0.25) is 5.78 Å². The zero-order valence-corrected chi connectivity index (χ0v) is 11.1. The summed E-state index contributed by atoms with van der Waals surface area (Å²) in [7, 11) is 1.54. The lowest BCUT2D eigenvalue weighted by Gasteiger charge is -2.00. The molecule has 0 fully saturated rings. The number of nitrogens with zero attached hydrogens (tertiary/aromatic N) is 1. The number of hydrogen-bond donors (Lipinski definition) is 0. The average molecular weight is 275 g/mol. The molecule has 104 valence electrons. The molecule has 0 N–H and O–H groups in total. The van der Waals surface area contributed by atoms with E-state index in [4.69, 9.17) is 13.9 Å². The van der Waals surface area contributed by atoms with Crippen molar-refractivity contribution < 1.29 is 23.5 Å². The van der Waals surface area contributed by atoms with E-state index in [1.807, 2.05) is 0 Å². The van der Waals surface area contributed by atoms with E-state index in [2.05, 4.69) is 4.98 Å². The van der Waals surface area contributed by atoms with Crippen molar-refractivity contribution in [1.29, 1.82) is 0 Å². The fourth-order valence-corrected chi connectivity index (χ4v) is 1.54. The number of oxazole rings is 1. The van der Waals surface area contributed by atoms with Gasteiger partial charge in [-0.2, -0.15) is 4.98 Å². The quantitative estimate of drug-likeness (QED) is 0.614. The van der Waals surface area contributed by atoms with Crippen LogP contribution in [0.3, 0.4) is 0 Å². The van der Waals surface area contributed by atoms with Crippen LogP contribution in [0.4, 0.5) is 0 Å². The van der Waals surface area contributed by atoms with Crippen LogP contribution in [-0.2, 0) is 4.74 Å². The van der Waals surface area contributed by atoms with Gasteiger partial charge in [-0.3, -0.25) is 4.79 Å². The minimum atomic E-state index is -0.620. The Kier molecular flexibility index (Phi) is 4.14. The van der Waals surface area contributed by atoms with Gasteiger partial charge in [-0.15, -0.1) is 0 Å². The van der Waals surface area contributed by atoms with Gasteiger partial charge in [0.05, 0.1) is 13.7 Å². The number of hydrogen-bond acceptors (Lipinski definition) is 6. The highest BCUT2D eigenvalue weighted by Crippen LogP contribution is 2.15. The van der Waals surface area contributed by atoms with E-state index in [-0.39, 0.29) is 18.2 Å². The predicted molar refractivity (Wildman–Crippen MR) is 68.9 cm³/mol. The topological polar surface area (TPSA) is 78.6 Å². The van der Waals surface area contributed by atoms with E-state index in [1.165, 1.54) is 7.11 Å². The maximum absolute atomic E-state index is 12.1. The van der Waals surface area contributed by atoms with Gasteiger partial charge in [0.15, 0.2) is 5.69 Å². The van der Waals surface area contributed by atoms with Crippen molar-refractivity contribution in [3.05, 3.63) is 47.7 Å². The summed E-state index contributed by atoms with van der Waals surface area (Å²) in [6.45, 7) is 1.91. The first-order chi connectivity index (χ1) is 9.65. The highest BCUT2D eigenvalue weighted by atomic mass is 16.5. The zero-order chi connectivity index (χ0) is 14.5. The summed E-state index contributed by atoms with van der Waals surface area (Å²) in [5, 5.41) is 0. The highest BCUT2D eigenvalue weighted by Gasteiger charge is 2.19. The molecule has 0 saturated heterocycles. The molecule has 0 aliphatic carbocycles. The smallest absolute Gasteiger partial charge is 0.360 e. The molecule has 1 heterocycles. The SMILES string of the molecule is CCOC(=O)c1coc(C(=O)c2ccc(OC)cc2)n1. The average Bonchev–Trinajstić information content (AvgIpc) is 2.97. The van der Waals surface area contributed by atoms with Crippen molar-refractivity contribution in [2.75, 3.05) is 13.7 Å². The Morgan fingerprint density at radius 1 is 1.25 bits per heavy atom. The molecule has 0 bridgehead atoms. The summed E-state index contributed by atoms with van der Waals surface area (Å²) in [6, 6.07) is 6.50. The van der Waals surface area contributed by atoms with E-state index in [0.29, 0.717) is 11.3 Å². The van der Waals surface area contributed by atoms with Crippen LogP contribution < -0.4 is 4.74 Å². The second-order valence-electron chi connectivity index (χ2n) is 3.82. The van der Waals surface area contributed by atoms with Gasteiger partial charge in [0, 0.05) is 5.56 Å². The fraction of sp³-hybridized carbons (Fsp3) is 0.214. The molecule has 0 radical (unpaired) electrons. The van der Waals surface area contributed by atoms with Crippen molar-refractivity contribution in [2.45, 2.75) is 6.92 Å². The summed E-state index contributed by atoms with van der Waals surface area (Å²) in [5.74, 6) is -0.549. The number of esters is 1. The number of carbonyl (C=O) groups excluding carboxylic acids is 2. The Morgan fingerprint density at radius 3 is 2.55 bits per heavy atom. The van der Waals surface area contributed by atoms with Gasteiger partial charge in [-0.1, -0.05) is 0 Å². The standard InChI is InChI=1S/C14H13NO5/c1-3-19-14(17)11-8-20-13(15-11)12(16)9-4-6-10(18-2)7-5-9/h4-8H,3H2,1-2H3. The first-order valence-corrected chi connectivity index (χ1v) is 5.97. The van der Waals surface area contributed by atoms with Crippen LogP contribution in [0.1, 0.15) is 33.7 Å². The number of benzene rings is 1. The van der Waals surface area contributed by atoms with Crippen LogP contribution in [0.2, 0.25) is 0 Å². The highest BCUT2D eigenvalue weighted by molar-refractivity contribution is 6.06. The molecule has 0 aliphatic rings. The van der Waals surface area contributed by atoms with Crippen molar-refractivity contribution in [2.24, 2.45) is 0 Å².